The van der Waals surface area contributed by atoms with Crippen molar-refractivity contribution < 1.29 is 0 Å². The molecule has 129 heavy (non-hydrogen) atoms. The quantitative estimate of drug-likeness (QED) is 0.0775. The molecular formula is C110H77N19. The summed E-state index contributed by atoms with van der Waals surface area (Å²) >= 11 is 0. The minimum Gasteiger partial charge on any atom is -0.264 e. The Balaban J connectivity index is 0.000000126. The molecule has 0 spiro atoms. The monoisotopic (exact) mass is 1660 g/mol. The van der Waals surface area contributed by atoms with Crippen molar-refractivity contribution in [1.29, 1.82) is 0 Å². The molecule has 0 fully saturated rings. The molecule has 0 saturated heterocycles. The molecule has 19 nitrogen and oxygen atoms in total. The Hall–Kier alpha value is -17.7. The van der Waals surface area contributed by atoms with Crippen molar-refractivity contribution in [3.63, 3.8) is 0 Å². The largest absolute Gasteiger partial charge is 0.264 e. The highest BCUT2D eigenvalue weighted by Gasteiger charge is 2.20. The van der Waals surface area contributed by atoms with Crippen LogP contribution in [0.5, 0.6) is 0 Å². The molecule has 0 amide bonds. The van der Waals surface area contributed by atoms with Gasteiger partial charge in [-0.3, -0.25) is 29.9 Å². The Morgan fingerprint density at radius 1 is 0.132 bits per heavy atom. The van der Waals surface area contributed by atoms with Crippen LogP contribution in [0, 0.1) is 20.8 Å². The smallest absolute Gasteiger partial charge is 0.164 e. The number of aromatic nitrogens is 19. The van der Waals surface area contributed by atoms with Gasteiger partial charge in [0.05, 0.1) is 23.8 Å². The highest BCUT2D eigenvalue weighted by Crippen LogP contribution is 2.37. The molecule has 19 heteroatoms. The number of hydrogen-bond acceptors (Lipinski definition) is 19. The highest BCUT2D eigenvalue weighted by atomic mass is 15.1. The van der Waals surface area contributed by atoms with Crippen LogP contribution >= 0.6 is 0 Å². The van der Waals surface area contributed by atoms with Gasteiger partial charge in [-0.2, -0.15) is 0 Å². The van der Waals surface area contributed by atoms with E-state index in [0.717, 1.165) is 134 Å². The molecular weight excluding hydrogens is 1590 g/mol. The van der Waals surface area contributed by atoms with Gasteiger partial charge < -0.3 is 0 Å². The van der Waals surface area contributed by atoms with Crippen molar-refractivity contribution in [2.24, 2.45) is 0 Å². The lowest BCUT2D eigenvalue weighted by atomic mass is 10.0. The third-order valence-electron chi connectivity index (χ3n) is 21.6. The number of nitrogens with zero attached hydrogens (tertiary/aromatic N) is 19. The summed E-state index contributed by atoms with van der Waals surface area (Å²) in [6.07, 6.45) is 24.4. The summed E-state index contributed by atoms with van der Waals surface area (Å²) < 4.78 is 0. The average molecular weight is 1660 g/mol. The fourth-order valence-electron chi connectivity index (χ4n) is 14.7. The van der Waals surface area contributed by atoms with Crippen molar-refractivity contribution in [3.05, 3.63) is 431 Å². The van der Waals surface area contributed by atoms with E-state index in [9.17, 15) is 0 Å². The first kappa shape index (κ1) is 81.0. The van der Waals surface area contributed by atoms with Gasteiger partial charge in [-0.15, -0.1) is 0 Å². The first-order chi connectivity index (χ1) is 63.6. The van der Waals surface area contributed by atoms with Gasteiger partial charge in [0.2, 0.25) is 0 Å². The third-order valence-corrected chi connectivity index (χ3v) is 21.6. The molecule has 612 valence electrons. The number of rotatable bonds is 18. The molecule has 0 N–H and O–H groups in total. The molecule has 0 bridgehead atoms. The molecule has 12 aromatic carbocycles. The first-order valence-electron chi connectivity index (χ1n) is 41.9. The second-order valence-corrected chi connectivity index (χ2v) is 30.5. The second kappa shape index (κ2) is 38.0. The lowest BCUT2D eigenvalue weighted by Crippen LogP contribution is -2.01. The van der Waals surface area contributed by atoms with Crippen LogP contribution in [-0.2, 0) is 0 Å². The van der Waals surface area contributed by atoms with E-state index in [4.69, 9.17) is 44.9 Å². The van der Waals surface area contributed by atoms with E-state index in [2.05, 4.69) is 253 Å². The van der Waals surface area contributed by atoms with Crippen LogP contribution in [0.25, 0.3) is 203 Å². The second-order valence-electron chi connectivity index (χ2n) is 30.5. The van der Waals surface area contributed by atoms with Gasteiger partial charge in [0.1, 0.15) is 0 Å². The molecule has 0 aliphatic rings. The Labute approximate surface area is 745 Å². The van der Waals surface area contributed by atoms with Gasteiger partial charge in [-0.05, 0) is 126 Å². The van der Waals surface area contributed by atoms with E-state index in [1.165, 1.54) is 22.3 Å². The molecule has 0 atom stereocenters. The van der Waals surface area contributed by atoms with E-state index in [0.29, 0.717) is 64.1 Å². The summed E-state index contributed by atoms with van der Waals surface area (Å²) in [6, 6.07) is 111. The predicted molar refractivity (Wildman–Crippen MR) is 509 cm³/mol. The zero-order chi connectivity index (χ0) is 87.0. The maximum atomic E-state index is 4.99. The van der Waals surface area contributed by atoms with Crippen LogP contribution in [0.3, 0.4) is 0 Å². The number of hydrogen-bond donors (Lipinski definition) is 0. The lowest BCUT2D eigenvalue weighted by Gasteiger charge is -2.11. The minimum atomic E-state index is 0.557. The van der Waals surface area contributed by atoms with Gasteiger partial charge in [-0.25, -0.2) is 64.8 Å². The SMILES string of the molecule is Cc1ccc(-c2ccc(-c3nc(-c4cccc(-c5cccnc5)c4)nc(-c4cccc(-c5cccnc5)c4)n3)cc2)cc1.Cc1ccc(-c2ccc(-c3nc(-c4cccc(-c5cnccn5)c4)nc(-c4cccc(-c5cnccn5)c4)n3)cc2)cc1.Cc1ccc(-c2ccc(-c3nc(-c4cccc(-c5ncccn5)c4)nc(-c4cccc(-c5ncccn5)c4)n3)cc2)cc1. The van der Waals surface area contributed by atoms with Crippen molar-refractivity contribution in [2.45, 2.75) is 20.8 Å². The van der Waals surface area contributed by atoms with E-state index >= 15 is 0 Å². The highest BCUT2D eigenvalue weighted by molar-refractivity contribution is 5.80. The van der Waals surface area contributed by atoms with Crippen LogP contribution in [0.4, 0.5) is 0 Å². The predicted octanol–water partition coefficient (Wildman–Crippen LogP) is 24.5. The zero-order valence-corrected chi connectivity index (χ0v) is 70.3. The average Bonchev–Trinajstić information content (AvgIpc) is 0.796. The Morgan fingerprint density at radius 3 is 0.597 bits per heavy atom. The summed E-state index contributed by atoms with van der Waals surface area (Å²) in [4.78, 5) is 88.2. The molecule has 9 aromatic heterocycles. The van der Waals surface area contributed by atoms with Gasteiger partial charge >= 0.3 is 0 Å². The Kier molecular flexibility index (Phi) is 23.8. The number of pyridine rings is 2. The van der Waals surface area contributed by atoms with Crippen LogP contribution in [-0.4, -0.2) is 94.7 Å². The molecule has 0 saturated carbocycles. The van der Waals surface area contributed by atoms with Gasteiger partial charge in [0.25, 0.3) is 0 Å². The van der Waals surface area contributed by atoms with E-state index in [1.807, 2.05) is 146 Å². The summed E-state index contributed by atoms with van der Waals surface area (Å²) in [5.41, 5.74) is 27.9. The van der Waals surface area contributed by atoms with Crippen molar-refractivity contribution in [2.75, 3.05) is 0 Å². The molecule has 0 radical (unpaired) electrons. The van der Waals surface area contributed by atoms with Crippen molar-refractivity contribution in [1.82, 2.24) is 94.7 Å². The maximum Gasteiger partial charge on any atom is 0.164 e. The number of benzene rings is 12. The normalized spacial score (nSPS) is 10.9. The molecule has 9 heterocycles. The molecule has 0 unspecified atom stereocenters. The summed E-state index contributed by atoms with van der Waals surface area (Å²) in [5.74, 6) is 6.54. The topological polar surface area (TPSA) is 245 Å². The summed E-state index contributed by atoms with van der Waals surface area (Å²) in [6.45, 7) is 6.28. The third kappa shape index (κ3) is 19.4. The first-order valence-corrected chi connectivity index (χ1v) is 41.9. The molecule has 21 rings (SSSR count). The summed E-state index contributed by atoms with van der Waals surface area (Å²) in [5, 5.41) is 0. The minimum absolute atomic E-state index is 0.557. The van der Waals surface area contributed by atoms with Crippen LogP contribution in [0.1, 0.15) is 16.7 Å². The van der Waals surface area contributed by atoms with Gasteiger partial charge in [0.15, 0.2) is 64.1 Å². The fraction of sp³-hybridized carbons (Fsp3) is 0.0273. The van der Waals surface area contributed by atoms with Crippen molar-refractivity contribution >= 4 is 0 Å². The summed E-state index contributed by atoms with van der Waals surface area (Å²) in [7, 11) is 0. The maximum absolute atomic E-state index is 4.99. The molecule has 21 aromatic rings. The Bertz CT molecular complexity index is 6430. The van der Waals surface area contributed by atoms with Gasteiger partial charge in [-0.1, -0.05) is 284 Å². The Morgan fingerprint density at radius 2 is 0.341 bits per heavy atom. The van der Waals surface area contributed by atoms with E-state index < -0.39 is 0 Å². The van der Waals surface area contributed by atoms with Crippen LogP contribution in [0.15, 0.2) is 414 Å². The van der Waals surface area contributed by atoms with E-state index in [-0.39, 0.29) is 0 Å². The molecule has 0 aliphatic heterocycles. The number of aryl methyl sites for hydroxylation is 3. The van der Waals surface area contributed by atoms with Crippen LogP contribution in [0.2, 0.25) is 0 Å². The van der Waals surface area contributed by atoms with E-state index in [1.54, 1.807) is 86.5 Å². The standard InChI is InChI=1S/C38H27N5.2C36H25N7/c1-26-12-14-27(15-13-26)28-16-18-29(19-17-28)36-41-37(32-8-2-6-30(22-32)34-10-4-20-39-24-34)43-38(42-36)33-9-3-7-31(23-33)35-11-5-21-40-25-35;1-24-10-12-25(13-11-24)26-14-16-27(17-15-26)34-41-35(30-8-2-6-28(22-30)32-37-18-4-19-38-32)43-36(42-34)31-9-3-7-29(23-31)33-39-20-5-21-40-33;1-24-8-10-25(11-9-24)26-12-14-27(15-13-26)34-41-35(30-6-2-4-28(20-30)32-22-37-16-18-39-32)43-36(42-34)31-7-3-5-29(21-31)33-23-38-17-19-40-33/h2-25H,1H3;2*2-23H,1H3. The molecule has 0 aliphatic carbocycles. The van der Waals surface area contributed by atoms with Gasteiger partial charge in [0, 0.05) is 158 Å². The fourth-order valence-corrected chi connectivity index (χ4v) is 14.7. The van der Waals surface area contributed by atoms with Crippen molar-refractivity contribution in [3.8, 4) is 203 Å². The zero-order valence-electron chi connectivity index (χ0n) is 70.3. The van der Waals surface area contributed by atoms with Crippen LogP contribution < -0.4 is 0 Å². The lowest BCUT2D eigenvalue weighted by molar-refractivity contribution is 1.07.